The summed E-state index contributed by atoms with van der Waals surface area (Å²) in [4.78, 5) is 14.3. The molecule has 5 heteroatoms. The van der Waals surface area contributed by atoms with Crippen LogP contribution in [0, 0.1) is 0 Å². The SMILES string of the molecule is CNCCCC(=O)NC1CCN(Cc2ccc(Cl)cc2)CC1. The molecule has 1 heterocycles. The van der Waals surface area contributed by atoms with Gasteiger partial charge in [-0.1, -0.05) is 23.7 Å². The van der Waals surface area contributed by atoms with Gasteiger partial charge in [-0.2, -0.15) is 0 Å². The fraction of sp³-hybridized carbons (Fsp3) is 0.588. The van der Waals surface area contributed by atoms with Crippen molar-refractivity contribution < 1.29 is 4.79 Å². The van der Waals surface area contributed by atoms with Gasteiger partial charge >= 0.3 is 0 Å². The van der Waals surface area contributed by atoms with Crippen LogP contribution in [0.3, 0.4) is 0 Å². The van der Waals surface area contributed by atoms with Crippen LogP contribution in [0.15, 0.2) is 24.3 Å². The molecule has 122 valence electrons. The van der Waals surface area contributed by atoms with Crippen LogP contribution in [-0.2, 0) is 11.3 Å². The molecule has 0 saturated carbocycles. The molecule has 1 fully saturated rings. The summed E-state index contributed by atoms with van der Waals surface area (Å²) in [5.74, 6) is 0.186. The molecule has 1 aliphatic rings. The fourth-order valence-electron chi connectivity index (χ4n) is 2.81. The normalized spacial score (nSPS) is 16.6. The Kier molecular flexibility index (Phi) is 7.16. The predicted octanol–water partition coefficient (Wildman–Crippen LogP) is 2.42. The third kappa shape index (κ3) is 5.95. The average Bonchev–Trinajstić information content (AvgIpc) is 2.52. The molecule has 0 spiro atoms. The van der Waals surface area contributed by atoms with Gasteiger partial charge in [0.05, 0.1) is 0 Å². The van der Waals surface area contributed by atoms with E-state index in [4.69, 9.17) is 11.6 Å². The van der Waals surface area contributed by atoms with Gasteiger partial charge in [0.15, 0.2) is 0 Å². The third-order valence-corrected chi connectivity index (χ3v) is 4.35. The van der Waals surface area contributed by atoms with Gasteiger partial charge in [-0.15, -0.1) is 0 Å². The van der Waals surface area contributed by atoms with Gasteiger partial charge in [-0.25, -0.2) is 0 Å². The Morgan fingerprint density at radius 1 is 1.27 bits per heavy atom. The molecular formula is C17H26ClN3O. The van der Waals surface area contributed by atoms with E-state index in [1.807, 2.05) is 19.2 Å². The van der Waals surface area contributed by atoms with Crippen LogP contribution in [0.1, 0.15) is 31.2 Å². The summed E-state index contributed by atoms with van der Waals surface area (Å²) < 4.78 is 0. The zero-order valence-electron chi connectivity index (χ0n) is 13.3. The van der Waals surface area contributed by atoms with Crippen molar-refractivity contribution in [3.8, 4) is 0 Å². The van der Waals surface area contributed by atoms with Crippen LogP contribution in [0.4, 0.5) is 0 Å². The number of rotatable bonds is 7. The molecule has 0 radical (unpaired) electrons. The standard InChI is InChI=1S/C17H26ClN3O/c1-19-10-2-3-17(22)20-16-8-11-21(12-9-16)13-14-4-6-15(18)7-5-14/h4-7,16,19H,2-3,8-13H2,1H3,(H,20,22). The summed E-state index contributed by atoms with van der Waals surface area (Å²) >= 11 is 5.91. The van der Waals surface area contributed by atoms with Crippen LogP contribution in [-0.4, -0.2) is 43.5 Å². The number of benzene rings is 1. The minimum absolute atomic E-state index is 0.186. The van der Waals surface area contributed by atoms with Gasteiger partial charge in [0.1, 0.15) is 0 Å². The summed E-state index contributed by atoms with van der Waals surface area (Å²) in [5.41, 5.74) is 1.29. The number of halogens is 1. The molecule has 4 nitrogen and oxygen atoms in total. The van der Waals surface area contributed by atoms with Crippen LogP contribution >= 0.6 is 11.6 Å². The van der Waals surface area contributed by atoms with Gasteiger partial charge < -0.3 is 10.6 Å². The number of hydrogen-bond donors (Lipinski definition) is 2. The molecule has 0 unspecified atom stereocenters. The number of carbonyl (C=O) groups excluding carboxylic acids is 1. The van der Waals surface area contributed by atoms with Crippen molar-refractivity contribution in [2.45, 2.75) is 38.3 Å². The minimum Gasteiger partial charge on any atom is -0.353 e. The predicted molar refractivity (Wildman–Crippen MR) is 91.1 cm³/mol. The van der Waals surface area contributed by atoms with Crippen molar-refractivity contribution in [3.63, 3.8) is 0 Å². The van der Waals surface area contributed by atoms with Gasteiger partial charge in [0.25, 0.3) is 0 Å². The molecule has 1 saturated heterocycles. The summed E-state index contributed by atoms with van der Waals surface area (Å²) in [6.45, 7) is 3.92. The largest absolute Gasteiger partial charge is 0.353 e. The van der Waals surface area contributed by atoms with E-state index in [1.54, 1.807) is 0 Å². The van der Waals surface area contributed by atoms with E-state index in [1.165, 1.54) is 5.56 Å². The second-order valence-electron chi connectivity index (χ2n) is 5.95. The van der Waals surface area contributed by atoms with Gasteiger partial charge in [0.2, 0.25) is 5.91 Å². The van der Waals surface area contributed by atoms with Crippen LogP contribution in [0.5, 0.6) is 0 Å². The number of amides is 1. The van der Waals surface area contributed by atoms with Crippen molar-refractivity contribution in [3.05, 3.63) is 34.9 Å². The van der Waals surface area contributed by atoms with Crippen molar-refractivity contribution in [2.24, 2.45) is 0 Å². The Balaban J connectivity index is 1.67. The molecule has 2 N–H and O–H groups in total. The van der Waals surface area contributed by atoms with Crippen molar-refractivity contribution >= 4 is 17.5 Å². The van der Waals surface area contributed by atoms with Crippen LogP contribution in [0.25, 0.3) is 0 Å². The van der Waals surface area contributed by atoms with E-state index in [2.05, 4.69) is 27.7 Å². The van der Waals surface area contributed by atoms with Crippen LogP contribution < -0.4 is 10.6 Å². The monoisotopic (exact) mass is 323 g/mol. The summed E-state index contributed by atoms with van der Waals surface area (Å²) in [6.07, 6.45) is 3.58. The first kappa shape index (κ1) is 17.3. The van der Waals surface area contributed by atoms with E-state index in [0.29, 0.717) is 12.5 Å². The van der Waals surface area contributed by atoms with Crippen molar-refractivity contribution in [1.29, 1.82) is 0 Å². The Morgan fingerprint density at radius 3 is 2.59 bits per heavy atom. The zero-order chi connectivity index (χ0) is 15.8. The lowest BCUT2D eigenvalue weighted by Crippen LogP contribution is -2.44. The van der Waals surface area contributed by atoms with E-state index < -0.39 is 0 Å². The second-order valence-corrected chi connectivity index (χ2v) is 6.39. The molecule has 1 amide bonds. The lowest BCUT2D eigenvalue weighted by molar-refractivity contribution is -0.122. The lowest BCUT2D eigenvalue weighted by Gasteiger charge is -2.32. The minimum atomic E-state index is 0.186. The van der Waals surface area contributed by atoms with Crippen molar-refractivity contribution in [1.82, 2.24) is 15.5 Å². The molecule has 0 aromatic heterocycles. The quantitative estimate of drug-likeness (QED) is 0.757. The van der Waals surface area contributed by atoms with Crippen LogP contribution in [0.2, 0.25) is 5.02 Å². The van der Waals surface area contributed by atoms with Gasteiger partial charge in [0, 0.05) is 37.1 Å². The molecule has 1 aliphatic heterocycles. The Bertz CT molecular complexity index is 455. The number of nitrogens with zero attached hydrogens (tertiary/aromatic N) is 1. The first-order valence-electron chi connectivity index (χ1n) is 8.08. The molecule has 0 aliphatic carbocycles. The molecule has 2 rings (SSSR count). The fourth-order valence-corrected chi connectivity index (χ4v) is 2.93. The number of hydrogen-bond acceptors (Lipinski definition) is 3. The topological polar surface area (TPSA) is 44.4 Å². The average molecular weight is 324 g/mol. The summed E-state index contributed by atoms with van der Waals surface area (Å²) in [6, 6.07) is 8.38. The summed E-state index contributed by atoms with van der Waals surface area (Å²) in [7, 11) is 1.91. The molecule has 0 atom stereocenters. The maximum Gasteiger partial charge on any atom is 0.220 e. The van der Waals surface area contributed by atoms with E-state index in [-0.39, 0.29) is 5.91 Å². The number of piperidine rings is 1. The molecule has 1 aromatic rings. The maximum atomic E-state index is 11.8. The lowest BCUT2D eigenvalue weighted by atomic mass is 10.0. The molecular weight excluding hydrogens is 298 g/mol. The van der Waals surface area contributed by atoms with E-state index >= 15 is 0 Å². The van der Waals surface area contributed by atoms with E-state index in [9.17, 15) is 4.79 Å². The Hall–Kier alpha value is -1.10. The van der Waals surface area contributed by atoms with Crippen molar-refractivity contribution in [2.75, 3.05) is 26.7 Å². The van der Waals surface area contributed by atoms with E-state index in [0.717, 1.165) is 50.5 Å². The Morgan fingerprint density at radius 2 is 1.95 bits per heavy atom. The summed E-state index contributed by atoms with van der Waals surface area (Å²) in [5, 5.41) is 7.00. The second kappa shape index (κ2) is 9.13. The van der Waals surface area contributed by atoms with Gasteiger partial charge in [-0.3, -0.25) is 9.69 Å². The maximum absolute atomic E-state index is 11.8. The highest BCUT2D eigenvalue weighted by molar-refractivity contribution is 6.30. The number of likely N-dealkylation sites (tertiary alicyclic amines) is 1. The highest BCUT2D eigenvalue weighted by Gasteiger charge is 2.20. The zero-order valence-corrected chi connectivity index (χ0v) is 14.0. The molecule has 22 heavy (non-hydrogen) atoms. The third-order valence-electron chi connectivity index (χ3n) is 4.10. The Labute approximate surface area is 138 Å². The first-order chi connectivity index (χ1) is 10.7. The number of carbonyl (C=O) groups is 1. The van der Waals surface area contributed by atoms with Gasteiger partial charge in [-0.05, 0) is 50.6 Å². The highest BCUT2D eigenvalue weighted by Crippen LogP contribution is 2.16. The molecule has 1 aromatic carbocycles. The highest BCUT2D eigenvalue weighted by atomic mass is 35.5. The number of nitrogens with one attached hydrogen (secondary N) is 2. The first-order valence-corrected chi connectivity index (χ1v) is 8.46. The molecule has 0 bridgehead atoms. The smallest absolute Gasteiger partial charge is 0.220 e.